The van der Waals surface area contributed by atoms with Crippen LogP contribution >= 0.6 is 11.8 Å². The van der Waals surface area contributed by atoms with Crippen molar-refractivity contribution in [1.29, 1.82) is 0 Å². The molecule has 0 N–H and O–H groups in total. The largest absolute Gasteiger partial charge is 0.548 e. The van der Waals surface area contributed by atoms with Gasteiger partial charge in [-0.3, -0.25) is 4.79 Å². The number of hydrogen-bond acceptors (Lipinski definition) is 4. The summed E-state index contributed by atoms with van der Waals surface area (Å²) in [5.74, 6) is -0.512. The molecule has 1 saturated carbocycles. The minimum absolute atomic E-state index is 0.0171. The van der Waals surface area contributed by atoms with Gasteiger partial charge in [0.2, 0.25) is 0 Å². The molecule has 5 heteroatoms. The van der Waals surface area contributed by atoms with Crippen LogP contribution in [-0.4, -0.2) is 33.9 Å². The highest BCUT2D eigenvalue weighted by molar-refractivity contribution is 8.00. The highest BCUT2D eigenvalue weighted by Crippen LogP contribution is 2.41. The monoisotopic (exact) mass is 374 g/mol. The molecule has 1 saturated heterocycles. The summed E-state index contributed by atoms with van der Waals surface area (Å²) < 4.78 is 0. The molecule has 1 aromatic rings. The maximum atomic E-state index is 13.2. The van der Waals surface area contributed by atoms with Gasteiger partial charge in [-0.1, -0.05) is 52.2 Å². The van der Waals surface area contributed by atoms with Gasteiger partial charge in [-0.25, -0.2) is 0 Å². The molecule has 1 aromatic carbocycles. The molecular formula is C21H28NO3S-. The van der Waals surface area contributed by atoms with Crippen LogP contribution in [0.4, 0.5) is 0 Å². The second-order valence-electron chi connectivity index (χ2n) is 8.50. The number of amides is 1. The summed E-state index contributed by atoms with van der Waals surface area (Å²) in [6.07, 6.45) is 5.72. The van der Waals surface area contributed by atoms with Crippen molar-refractivity contribution in [3.05, 3.63) is 35.4 Å². The van der Waals surface area contributed by atoms with E-state index in [0.717, 1.165) is 18.4 Å². The number of carbonyl (C=O) groups excluding carboxylic acids is 2. The van der Waals surface area contributed by atoms with Crippen molar-refractivity contribution in [3.63, 3.8) is 0 Å². The quantitative estimate of drug-likeness (QED) is 0.815. The van der Waals surface area contributed by atoms with Crippen LogP contribution in [0.5, 0.6) is 0 Å². The van der Waals surface area contributed by atoms with Crippen LogP contribution in [0.2, 0.25) is 0 Å². The maximum Gasteiger partial charge on any atom is 0.255 e. The van der Waals surface area contributed by atoms with Crippen LogP contribution in [0.3, 0.4) is 0 Å². The number of thioether (sulfide) groups is 1. The third-order valence-electron chi connectivity index (χ3n) is 5.59. The topological polar surface area (TPSA) is 60.4 Å². The molecule has 1 aliphatic heterocycles. The Morgan fingerprint density at radius 2 is 1.69 bits per heavy atom. The molecule has 26 heavy (non-hydrogen) atoms. The predicted octanol–water partition coefficient (Wildman–Crippen LogP) is 3.20. The van der Waals surface area contributed by atoms with Crippen LogP contribution in [0.15, 0.2) is 24.3 Å². The summed E-state index contributed by atoms with van der Waals surface area (Å²) in [6, 6.07) is 6.77. The minimum atomic E-state index is -1.14. The lowest BCUT2D eigenvalue weighted by molar-refractivity contribution is -0.310. The van der Waals surface area contributed by atoms with Crippen LogP contribution in [0, 0.1) is 5.92 Å². The van der Waals surface area contributed by atoms with Crippen molar-refractivity contribution in [3.8, 4) is 0 Å². The Morgan fingerprint density at radius 1 is 1.08 bits per heavy atom. The van der Waals surface area contributed by atoms with Crippen LogP contribution < -0.4 is 5.11 Å². The Bertz CT molecular complexity index is 659. The molecule has 0 aromatic heterocycles. The van der Waals surface area contributed by atoms with E-state index in [1.165, 1.54) is 19.3 Å². The van der Waals surface area contributed by atoms with Gasteiger partial charge in [-0.05, 0) is 41.9 Å². The Balaban J connectivity index is 1.86. The summed E-state index contributed by atoms with van der Waals surface area (Å²) in [5.41, 5.74) is 1.74. The maximum absolute atomic E-state index is 13.2. The first-order valence-corrected chi connectivity index (χ1v) is 10.6. The molecule has 1 aliphatic carbocycles. The lowest BCUT2D eigenvalue weighted by atomic mass is 9.86. The standard InChI is InChI=1S/C21H29NO3S/c1-21(2,3)16-11-9-14(10-12-16)18(23)22-17(20(24)25)13-26-19(22)15-7-5-4-6-8-15/h9-12,15,17,19H,4-8,13H2,1-3H3,(H,24,25)/p-1/t17-,19+/m1/s1. The predicted molar refractivity (Wildman–Crippen MR) is 103 cm³/mol. The Kier molecular flexibility index (Phi) is 5.66. The molecule has 0 spiro atoms. The fourth-order valence-electron chi connectivity index (χ4n) is 4.01. The van der Waals surface area contributed by atoms with Gasteiger partial charge in [0.1, 0.15) is 0 Å². The number of carboxylic acids is 1. The average Bonchev–Trinajstić information content (AvgIpc) is 3.06. The molecule has 0 unspecified atom stereocenters. The third-order valence-corrected chi connectivity index (χ3v) is 7.05. The molecule has 2 atom stereocenters. The molecular weight excluding hydrogens is 346 g/mol. The molecule has 4 nitrogen and oxygen atoms in total. The van der Waals surface area contributed by atoms with Gasteiger partial charge in [-0.2, -0.15) is 0 Å². The highest BCUT2D eigenvalue weighted by atomic mass is 32.2. The zero-order valence-electron chi connectivity index (χ0n) is 15.9. The molecule has 142 valence electrons. The molecule has 1 heterocycles. The van der Waals surface area contributed by atoms with E-state index in [0.29, 0.717) is 17.2 Å². The van der Waals surface area contributed by atoms with E-state index in [4.69, 9.17) is 0 Å². The van der Waals surface area contributed by atoms with Crippen molar-refractivity contribution in [2.75, 3.05) is 5.75 Å². The summed E-state index contributed by atoms with van der Waals surface area (Å²) in [4.78, 5) is 26.4. The molecule has 0 radical (unpaired) electrons. The van der Waals surface area contributed by atoms with E-state index in [9.17, 15) is 14.7 Å². The van der Waals surface area contributed by atoms with Gasteiger partial charge in [0.25, 0.3) is 5.91 Å². The van der Waals surface area contributed by atoms with E-state index in [1.54, 1.807) is 16.7 Å². The molecule has 1 amide bonds. The molecule has 2 fully saturated rings. The number of aliphatic carboxylic acids is 1. The van der Waals surface area contributed by atoms with E-state index >= 15 is 0 Å². The zero-order valence-corrected chi connectivity index (χ0v) is 16.7. The van der Waals surface area contributed by atoms with Crippen molar-refractivity contribution >= 4 is 23.6 Å². The normalized spacial score (nSPS) is 24.7. The smallest absolute Gasteiger partial charge is 0.255 e. The van der Waals surface area contributed by atoms with Crippen molar-refractivity contribution in [2.24, 2.45) is 5.92 Å². The van der Waals surface area contributed by atoms with Crippen molar-refractivity contribution in [2.45, 2.75) is 69.7 Å². The Morgan fingerprint density at radius 3 is 2.23 bits per heavy atom. The molecule has 3 rings (SSSR count). The second kappa shape index (κ2) is 7.63. The highest BCUT2D eigenvalue weighted by Gasteiger charge is 2.42. The van der Waals surface area contributed by atoms with Gasteiger partial charge >= 0.3 is 0 Å². The first-order chi connectivity index (χ1) is 12.3. The summed E-state index contributed by atoms with van der Waals surface area (Å²) in [7, 11) is 0. The van der Waals surface area contributed by atoms with Gasteiger partial charge in [0, 0.05) is 11.3 Å². The summed E-state index contributed by atoms with van der Waals surface area (Å²) in [6.45, 7) is 6.39. The summed E-state index contributed by atoms with van der Waals surface area (Å²) in [5, 5.41) is 11.6. The molecule has 0 bridgehead atoms. The average molecular weight is 375 g/mol. The third kappa shape index (κ3) is 3.93. The fraction of sp³-hybridized carbons (Fsp3) is 0.619. The first kappa shape index (κ1) is 19.3. The van der Waals surface area contributed by atoms with Crippen molar-refractivity contribution in [1.82, 2.24) is 4.90 Å². The number of carboxylic acid groups (broad SMARTS) is 1. The second-order valence-corrected chi connectivity index (χ2v) is 9.65. The van der Waals surface area contributed by atoms with Gasteiger partial charge in [-0.15, -0.1) is 11.8 Å². The van der Waals surface area contributed by atoms with Gasteiger partial charge < -0.3 is 14.8 Å². The van der Waals surface area contributed by atoms with Gasteiger partial charge in [0.15, 0.2) is 0 Å². The van der Waals surface area contributed by atoms with Gasteiger partial charge in [0.05, 0.1) is 17.4 Å². The lowest BCUT2D eigenvalue weighted by Crippen LogP contribution is -2.52. The van der Waals surface area contributed by atoms with E-state index in [-0.39, 0.29) is 16.7 Å². The van der Waals surface area contributed by atoms with E-state index in [2.05, 4.69) is 20.8 Å². The number of nitrogens with zero attached hydrogens (tertiary/aromatic N) is 1. The minimum Gasteiger partial charge on any atom is -0.548 e. The Hall–Kier alpha value is -1.49. The molecule has 2 aliphatic rings. The van der Waals surface area contributed by atoms with Crippen LogP contribution in [0.25, 0.3) is 0 Å². The number of hydrogen-bond donors (Lipinski definition) is 0. The first-order valence-electron chi connectivity index (χ1n) is 9.54. The zero-order chi connectivity index (χ0) is 18.9. The van der Waals surface area contributed by atoms with Crippen LogP contribution in [-0.2, 0) is 10.2 Å². The number of carbonyl (C=O) groups is 2. The SMILES string of the molecule is CC(C)(C)c1ccc(C(=O)N2[C@@H](C(=O)[O-])CS[C@H]2C2CCCCC2)cc1. The lowest BCUT2D eigenvalue weighted by Gasteiger charge is -2.36. The van der Waals surface area contributed by atoms with Crippen LogP contribution in [0.1, 0.15) is 68.8 Å². The fourth-order valence-corrected chi connectivity index (χ4v) is 5.63. The van der Waals surface area contributed by atoms with E-state index < -0.39 is 12.0 Å². The number of benzene rings is 1. The summed E-state index contributed by atoms with van der Waals surface area (Å²) >= 11 is 1.61. The Labute approximate surface area is 160 Å². The van der Waals surface area contributed by atoms with Crippen molar-refractivity contribution < 1.29 is 14.7 Å². The number of rotatable bonds is 3. The van der Waals surface area contributed by atoms with E-state index in [1.807, 2.05) is 24.3 Å².